The van der Waals surface area contributed by atoms with Gasteiger partial charge in [0.15, 0.2) is 11.3 Å². The van der Waals surface area contributed by atoms with E-state index in [2.05, 4.69) is 27.4 Å². The van der Waals surface area contributed by atoms with E-state index in [1.807, 2.05) is 11.3 Å². The summed E-state index contributed by atoms with van der Waals surface area (Å²) in [5.41, 5.74) is 2.70. The molecule has 0 bridgehead atoms. The second-order valence-corrected chi connectivity index (χ2v) is 9.40. The number of rotatable bonds is 4. The van der Waals surface area contributed by atoms with Crippen LogP contribution < -0.4 is 5.32 Å². The normalized spacial score (nSPS) is 20.1. The molecule has 8 nitrogen and oxygen atoms in total. The fraction of sp³-hybridized carbons (Fsp3) is 0.350. The van der Waals surface area contributed by atoms with Crippen molar-refractivity contribution in [1.82, 2.24) is 28.9 Å². The van der Waals surface area contributed by atoms with Crippen LogP contribution in [0.25, 0.3) is 16.8 Å². The van der Waals surface area contributed by atoms with E-state index in [9.17, 15) is 8.42 Å². The van der Waals surface area contributed by atoms with Gasteiger partial charge in [-0.3, -0.25) is 4.40 Å². The molecule has 3 aromatic heterocycles. The summed E-state index contributed by atoms with van der Waals surface area (Å²) < 4.78 is 29.6. The second-order valence-electron chi connectivity index (χ2n) is 7.58. The molecule has 1 saturated heterocycles. The molecule has 0 aliphatic carbocycles. The summed E-state index contributed by atoms with van der Waals surface area (Å²) >= 11 is 0. The van der Waals surface area contributed by atoms with Crippen molar-refractivity contribution in [2.24, 2.45) is 5.92 Å². The lowest BCUT2D eigenvalue weighted by Crippen LogP contribution is -2.14. The number of benzene rings is 1. The molecule has 1 N–H and O–H groups in total. The molecule has 2 atom stereocenters. The SMILES string of the molecule is CC[C@H]1CNC[C@H]1c1nnc2cnc3c(ccn3S(=O)(=O)c3ccc(C)cc3)n12. The van der Waals surface area contributed by atoms with E-state index in [4.69, 9.17) is 0 Å². The fourth-order valence-corrected chi connectivity index (χ4v) is 5.47. The van der Waals surface area contributed by atoms with E-state index in [0.29, 0.717) is 22.7 Å². The van der Waals surface area contributed by atoms with E-state index in [-0.39, 0.29) is 10.8 Å². The van der Waals surface area contributed by atoms with Crippen LogP contribution in [-0.4, -0.2) is 45.1 Å². The van der Waals surface area contributed by atoms with Gasteiger partial charge in [0, 0.05) is 18.7 Å². The molecule has 0 radical (unpaired) electrons. The maximum atomic E-state index is 13.2. The highest BCUT2D eigenvalue weighted by Crippen LogP contribution is 2.31. The minimum absolute atomic E-state index is 0.234. The molecule has 0 spiro atoms. The highest BCUT2D eigenvalue weighted by Gasteiger charge is 2.32. The van der Waals surface area contributed by atoms with Gasteiger partial charge in [-0.15, -0.1) is 10.2 Å². The van der Waals surface area contributed by atoms with Gasteiger partial charge in [-0.2, -0.15) is 0 Å². The number of nitrogens with one attached hydrogen (secondary N) is 1. The summed E-state index contributed by atoms with van der Waals surface area (Å²) in [6.07, 6.45) is 4.19. The second kappa shape index (κ2) is 6.64. The molecular weight excluding hydrogens is 388 g/mol. The smallest absolute Gasteiger partial charge is 0.269 e. The van der Waals surface area contributed by atoms with Gasteiger partial charge < -0.3 is 5.32 Å². The highest BCUT2D eigenvalue weighted by atomic mass is 32.2. The largest absolute Gasteiger partial charge is 0.316 e. The van der Waals surface area contributed by atoms with Gasteiger partial charge in [-0.25, -0.2) is 17.4 Å². The Balaban J connectivity index is 1.70. The van der Waals surface area contributed by atoms with E-state index >= 15 is 0 Å². The van der Waals surface area contributed by atoms with E-state index in [1.165, 1.54) is 3.97 Å². The molecule has 4 heterocycles. The Hall–Kier alpha value is -2.78. The van der Waals surface area contributed by atoms with E-state index in [0.717, 1.165) is 30.9 Å². The van der Waals surface area contributed by atoms with Crippen molar-refractivity contribution < 1.29 is 8.42 Å². The number of hydrogen-bond donors (Lipinski definition) is 1. The lowest BCUT2D eigenvalue weighted by atomic mass is 9.93. The monoisotopic (exact) mass is 410 g/mol. The predicted molar refractivity (Wildman–Crippen MR) is 109 cm³/mol. The molecular formula is C20H22N6O2S. The quantitative estimate of drug-likeness (QED) is 0.555. The third kappa shape index (κ3) is 2.76. The first-order valence-electron chi connectivity index (χ1n) is 9.74. The Labute approximate surface area is 168 Å². The Kier molecular flexibility index (Phi) is 4.18. The minimum atomic E-state index is -3.75. The van der Waals surface area contributed by atoms with Gasteiger partial charge >= 0.3 is 0 Å². The van der Waals surface area contributed by atoms with Crippen molar-refractivity contribution in [3.8, 4) is 0 Å². The van der Waals surface area contributed by atoms with Crippen molar-refractivity contribution in [3.63, 3.8) is 0 Å². The van der Waals surface area contributed by atoms with Gasteiger partial charge in [-0.1, -0.05) is 31.0 Å². The molecule has 29 heavy (non-hydrogen) atoms. The van der Waals surface area contributed by atoms with Crippen LogP contribution in [0.15, 0.2) is 47.6 Å². The molecule has 5 rings (SSSR count). The highest BCUT2D eigenvalue weighted by molar-refractivity contribution is 7.90. The fourth-order valence-electron chi connectivity index (χ4n) is 4.17. The van der Waals surface area contributed by atoms with Crippen LogP contribution in [0.1, 0.15) is 30.7 Å². The van der Waals surface area contributed by atoms with Crippen LogP contribution in [0.3, 0.4) is 0 Å². The van der Waals surface area contributed by atoms with Gasteiger partial charge in [0.2, 0.25) is 0 Å². The first kappa shape index (κ1) is 18.3. The first-order valence-corrected chi connectivity index (χ1v) is 11.2. The maximum absolute atomic E-state index is 13.2. The minimum Gasteiger partial charge on any atom is -0.316 e. The van der Waals surface area contributed by atoms with Crippen molar-refractivity contribution in [2.45, 2.75) is 31.1 Å². The molecule has 4 aromatic rings. The van der Waals surface area contributed by atoms with Crippen molar-refractivity contribution in [2.75, 3.05) is 13.1 Å². The van der Waals surface area contributed by atoms with Gasteiger partial charge in [0.25, 0.3) is 10.0 Å². The Morgan fingerprint density at radius 3 is 2.69 bits per heavy atom. The third-order valence-corrected chi connectivity index (χ3v) is 7.52. The Bertz CT molecular complexity index is 1310. The zero-order valence-electron chi connectivity index (χ0n) is 16.3. The summed E-state index contributed by atoms with van der Waals surface area (Å²) in [5.74, 6) is 1.57. The number of aromatic nitrogens is 5. The maximum Gasteiger partial charge on any atom is 0.269 e. The molecule has 1 aliphatic heterocycles. The van der Waals surface area contributed by atoms with Crippen molar-refractivity contribution in [1.29, 1.82) is 0 Å². The summed E-state index contributed by atoms with van der Waals surface area (Å²) in [7, 11) is -3.75. The van der Waals surface area contributed by atoms with E-state index < -0.39 is 10.0 Å². The first-order chi connectivity index (χ1) is 14.0. The van der Waals surface area contributed by atoms with Crippen LogP contribution in [0.2, 0.25) is 0 Å². The lowest BCUT2D eigenvalue weighted by Gasteiger charge is -2.15. The molecule has 0 unspecified atom stereocenters. The average molecular weight is 411 g/mol. The molecule has 1 aliphatic rings. The van der Waals surface area contributed by atoms with Crippen LogP contribution in [-0.2, 0) is 10.0 Å². The van der Waals surface area contributed by atoms with Crippen LogP contribution in [0.4, 0.5) is 0 Å². The Morgan fingerprint density at radius 1 is 1.14 bits per heavy atom. The zero-order chi connectivity index (χ0) is 20.2. The average Bonchev–Trinajstić information content (AvgIpc) is 3.44. The third-order valence-electron chi connectivity index (χ3n) is 5.84. The lowest BCUT2D eigenvalue weighted by molar-refractivity contribution is 0.483. The topological polar surface area (TPSA) is 94.2 Å². The molecule has 1 fully saturated rings. The van der Waals surface area contributed by atoms with Crippen LogP contribution in [0.5, 0.6) is 0 Å². The van der Waals surface area contributed by atoms with Crippen LogP contribution in [0, 0.1) is 12.8 Å². The van der Waals surface area contributed by atoms with Gasteiger partial charge in [0.1, 0.15) is 5.82 Å². The van der Waals surface area contributed by atoms with Crippen LogP contribution >= 0.6 is 0 Å². The van der Waals surface area contributed by atoms with Gasteiger partial charge in [-0.05, 0) is 37.6 Å². The number of aryl methyl sites for hydroxylation is 1. The number of fused-ring (bicyclic) bond motifs is 3. The molecule has 0 amide bonds. The standard InChI is InChI=1S/C20H22N6O2S/c1-3-14-10-21-11-16(14)19-24-23-18-12-22-20-17(26(18)19)8-9-25(20)29(27,28)15-6-4-13(2)5-7-15/h4-9,12,14,16,21H,3,10-11H2,1-2H3/t14-,16+/m0/s1. The van der Waals surface area contributed by atoms with E-state index in [1.54, 1.807) is 42.7 Å². The zero-order valence-corrected chi connectivity index (χ0v) is 17.1. The summed E-state index contributed by atoms with van der Waals surface area (Å²) in [4.78, 5) is 4.64. The molecule has 0 saturated carbocycles. The summed E-state index contributed by atoms with van der Waals surface area (Å²) in [6, 6.07) is 8.60. The summed E-state index contributed by atoms with van der Waals surface area (Å²) in [6.45, 7) is 5.89. The summed E-state index contributed by atoms with van der Waals surface area (Å²) in [5, 5.41) is 12.2. The molecule has 1 aromatic carbocycles. The van der Waals surface area contributed by atoms with Crippen molar-refractivity contribution in [3.05, 3.63) is 54.1 Å². The van der Waals surface area contributed by atoms with Gasteiger partial charge in [0.05, 0.1) is 16.6 Å². The molecule has 9 heteroatoms. The van der Waals surface area contributed by atoms with Crippen molar-refractivity contribution >= 4 is 26.8 Å². The molecule has 150 valence electrons. The number of hydrogen-bond acceptors (Lipinski definition) is 6. The Morgan fingerprint density at radius 2 is 1.93 bits per heavy atom. The number of nitrogens with zero attached hydrogens (tertiary/aromatic N) is 5. The predicted octanol–water partition coefficient (Wildman–Crippen LogP) is 2.34.